The summed E-state index contributed by atoms with van der Waals surface area (Å²) in [4.78, 5) is 3.96. The Labute approximate surface area is 112 Å². The number of hydrogen-bond acceptors (Lipinski definition) is 3. The number of aryl methyl sites for hydroxylation is 2. The van der Waals surface area contributed by atoms with Gasteiger partial charge < -0.3 is 4.90 Å². The van der Waals surface area contributed by atoms with Crippen LogP contribution in [0.4, 0.5) is 0 Å². The summed E-state index contributed by atoms with van der Waals surface area (Å²) in [7, 11) is -0.168. The van der Waals surface area contributed by atoms with Crippen molar-refractivity contribution in [2.75, 3.05) is 14.1 Å². The largest absolute Gasteiger partial charge is 0.367 e. The first-order valence-electron chi connectivity index (χ1n) is 5.22. The van der Waals surface area contributed by atoms with Gasteiger partial charge in [0.05, 0.1) is 4.90 Å². The molecule has 0 heterocycles. The van der Waals surface area contributed by atoms with E-state index in [-0.39, 0.29) is 4.90 Å². The van der Waals surface area contributed by atoms with Crippen LogP contribution in [-0.2, 0) is 10.0 Å². The Morgan fingerprint density at radius 2 is 1.89 bits per heavy atom. The molecule has 1 aromatic rings. The molecule has 0 saturated heterocycles. The minimum Gasteiger partial charge on any atom is -0.367 e. The average Bonchev–Trinajstić information content (AvgIpc) is 2.22. The Bertz CT molecular complexity index is 568. The third kappa shape index (κ3) is 3.61. The fourth-order valence-electron chi connectivity index (χ4n) is 1.30. The van der Waals surface area contributed by atoms with Crippen LogP contribution in [0.15, 0.2) is 22.1 Å². The Balaban J connectivity index is 3.09. The molecule has 5 nitrogen and oxygen atoms in total. The van der Waals surface area contributed by atoms with Crippen LogP contribution in [-0.4, -0.2) is 33.8 Å². The van der Waals surface area contributed by atoms with E-state index in [1.807, 2.05) is 0 Å². The molecule has 1 rings (SSSR count). The smallest absolute Gasteiger partial charge is 0.276 e. The van der Waals surface area contributed by atoms with Crippen molar-refractivity contribution in [3.63, 3.8) is 0 Å². The lowest BCUT2D eigenvalue weighted by Crippen LogP contribution is -2.21. The van der Waals surface area contributed by atoms with Crippen molar-refractivity contribution in [3.8, 4) is 0 Å². The van der Waals surface area contributed by atoms with Crippen LogP contribution in [0.25, 0.3) is 0 Å². The van der Waals surface area contributed by atoms with Crippen LogP contribution in [0.1, 0.15) is 11.1 Å². The third-order valence-corrected chi connectivity index (χ3v) is 3.98. The number of rotatable bonds is 4. The van der Waals surface area contributed by atoms with Gasteiger partial charge in [0, 0.05) is 19.1 Å². The molecule has 0 aromatic heterocycles. The molecule has 0 unspecified atom stereocenters. The minimum atomic E-state index is -3.66. The maximum Gasteiger partial charge on any atom is 0.276 e. The van der Waals surface area contributed by atoms with Gasteiger partial charge in [0.25, 0.3) is 10.0 Å². The van der Waals surface area contributed by atoms with Crippen LogP contribution in [0.3, 0.4) is 0 Å². The summed E-state index contributed by atoms with van der Waals surface area (Å²) >= 11 is 5.93. The third-order valence-electron chi connectivity index (χ3n) is 2.21. The maximum atomic E-state index is 12.0. The van der Waals surface area contributed by atoms with Gasteiger partial charge in [0.1, 0.15) is 6.34 Å². The van der Waals surface area contributed by atoms with Gasteiger partial charge in [-0.3, -0.25) is 0 Å². The van der Waals surface area contributed by atoms with Gasteiger partial charge in [0.15, 0.2) is 0 Å². The molecule has 0 spiro atoms. The van der Waals surface area contributed by atoms with E-state index in [9.17, 15) is 8.42 Å². The van der Waals surface area contributed by atoms with Crippen molar-refractivity contribution in [2.24, 2.45) is 5.10 Å². The van der Waals surface area contributed by atoms with Crippen LogP contribution >= 0.6 is 11.6 Å². The highest BCUT2D eigenvalue weighted by atomic mass is 35.5. The fourth-order valence-corrected chi connectivity index (χ4v) is 2.62. The highest BCUT2D eigenvalue weighted by molar-refractivity contribution is 7.89. The summed E-state index contributed by atoms with van der Waals surface area (Å²) in [5, 5.41) is 4.19. The van der Waals surface area contributed by atoms with Gasteiger partial charge >= 0.3 is 0 Å². The van der Waals surface area contributed by atoms with E-state index >= 15 is 0 Å². The predicted molar refractivity (Wildman–Crippen MR) is 73.4 cm³/mol. The molecule has 7 heteroatoms. The van der Waals surface area contributed by atoms with Crippen LogP contribution in [0, 0.1) is 13.8 Å². The molecule has 0 aliphatic rings. The molecular formula is C11H16ClN3O2S. The Morgan fingerprint density at radius 1 is 1.28 bits per heavy atom. The first-order valence-corrected chi connectivity index (χ1v) is 7.08. The van der Waals surface area contributed by atoms with Crippen molar-refractivity contribution < 1.29 is 8.42 Å². The van der Waals surface area contributed by atoms with E-state index in [1.54, 1.807) is 38.9 Å². The molecule has 18 heavy (non-hydrogen) atoms. The number of sulfonamides is 1. The zero-order valence-electron chi connectivity index (χ0n) is 10.7. The van der Waals surface area contributed by atoms with Crippen molar-refractivity contribution >= 4 is 28.0 Å². The van der Waals surface area contributed by atoms with Crippen LogP contribution in [0.5, 0.6) is 0 Å². The Kier molecular flexibility index (Phi) is 4.59. The van der Waals surface area contributed by atoms with E-state index < -0.39 is 10.0 Å². The van der Waals surface area contributed by atoms with Crippen molar-refractivity contribution in [1.82, 2.24) is 9.73 Å². The van der Waals surface area contributed by atoms with E-state index in [0.29, 0.717) is 16.1 Å². The van der Waals surface area contributed by atoms with Crippen molar-refractivity contribution in [1.29, 1.82) is 0 Å². The molecule has 1 N–H and O–H groups in total. The lowest BCUT2D eigenvalue weighted by Gasteiger charge is -2.09. The zero-order chi connectivity index (χ0) is 13.9. The molecule has 100 valence electrons. The van der Waals surface area contributed by atoms with Crippen molar-refractivity contribution in [3.05, 3.63) is 28.3 Å². The Morgan fingerprint density at radius 3 is 2.44 bits per heavy atom. The molecular weight excluding hydrogens is 274 g/mol. The topological polar surface area (TPSA) is 61.8 Å². The van der Waals surface area contributed by atoms with Gasteiger partial charge in [-0.25, -0.2) is 0 Å². The van der Waals surface area contributed by atoms with Crippen LogP contribution < -0.4 is 4.83 Å². The second-order valence-electron chi connectivity index (χ2n) is 4.17. The second kappa shape index (κ2) is 5.58. The summed E-state index contributed by atoms with van der Waals surface area (Å²) in [5.41, 5.74) is 1.29. The summed E-state index contributed by atoms with van der Waals surface area (Å²) in [6, 6.07) is 3.16. The first-order chi connectivity index (χ1) is 8.24. The summed E-state index contributed by atoms with van der Waals surface area (Å²) < 4.78 is 24.0. The zero-order valence-corrected chi connectivity index (χ0v) is 12.3. The SMILES string of the molecule is Cc1cc(S(=O)(=O)NN=CN(C)C)c(C)cc1Cl. The van der Waals surface area contributed by atoms with Gasteiger partial charge in [0.2, 0.25) is 0 Å². The molecule has 0 atom stereocenters. The number of nitrogens with zero attached hydrogens (tertiary/aromatic N) is 2. The molecule has 0 saturated carbocycles. The molecule has 0 amide bonds. The van der Waals surface area contributed by atoms with E-state index in [2.05, 4.69) is 9.93 Å². The lowest BCUT2D eigenvalue weighted by molar-refractivity contribution is 0.581. The molecule has 0 fully saturated rings. The minimum absolute atomic E-state index is 0.181. The molecule has 0 aliphatic heterocycles. The van der Waals surface area contributed by atoms with Gasteiger partial charge in [-0.05, 0) is 37.1 Å². The van der Waals surface area contributed by atoms with Crippen molar-refractivity contribution in [2.45, 2.75) is 18.7 Å². The molecule has 0 radical (unpaired) electrons. The van der Waals surface area contributed by atoms with E-state index in [0.717, 1.165) is 0 Å². The van der Waals surface area contributed by atoms with E-state index in [4.69, 9.17) is 11.6 Å². The summed E-state index contributed by atoms with van der Waals surface area (Å²) in [6.07, 6.45) is 1.37. The molecule has 0 bridgehead atoms. The molecule has 0 aliphatic carbocycles. The Hall–Kier alpha value is -1.27. The predicted octanol–water partition coefficient (Wildman–Crippen LogP) is 1.74. The standard InChI is InChI=1S/C11H16ClN3O2S/c1-8-6-11(9(2)5-10(8)12)18(16,17)14-13-7-15(3)4/h5-7,14H,1-4H3. The highest BCUT2D eigenvalue weighted by Gasteiger charge is 2.17. The summed E-state index contributed by atoms with van der Waals surface area (Å²) in [5.74, 6) is 0. The van der Waals surface area contributed by atoms with Crippen LogP contribution in [0.2, 0.25) is 5.02 Å². The van der Waals surface area contributed by atoms with Gasteiger partial charge in [-0.15, -0.1) is 0 Å². The van der Waals surface area contributed by atoms with Gasteiger partial charge in [-0.1, -0.05) is 11.6 Å². The fraction of sp³-hybridized carbons (Fsp3) is 0.364. The average molecular weight is 290 g/mol. The normalized spacial score (nSPS) is 11.8. The number of benzene rings is 1. The highest BCUT2D eigenvalue weighted by Crippen LogP contribution is 2.23. The monoisotopic (exact) mass is 289 g/mol. The summed E-state index contributed by atoms with van der Waals surface area (Å²) in [6.45, 7) is 3.44. The number of halogens is 1. The number of hydrazone groups is 1. The maximum absolute atomic E-state index is 12.0. The number of hydrogen-bond donors (Lipinski definition) is 1. The second-order valence-corrected chi connectivity index (χ2v) is 6.21. The molecule has 1 aromatic carbocycles. The number of nitrogens with one attached hydrogen (secondary N) is 1. The van der Waals surface area contributed by atoms with E-state index in [1.165, 1.54) is 12.4 Å². The van der Waals surface area contributed by atoms with Gasteiger partial charge in [-0.2, -0.15) is 18.4 Å². The lowest BCUT2D eigenvalue weighted by atomic mass is 10.2. The first kappa shape index (κ1) is 14.8. The quantitative estimate of drug-likeness (QED) is 0.522.